The van der Waals surface area contributed by atoms with Gasteiger partial charge in [0.1, 0.15) is 17.0 Å². The molecule has 0 fully saturated rings. The van der Waals surface area contributed by atoms with E-state index < -0.39 is 0 Å². The van der Waals surface area contributed by atoms with Crippen LogP contribution in [-0.4, -0.2) is 26.6 Å². The molecule has 1 aliphatic heterocycles. The van der Waals surface area contributed by atoms with Gasteiger partial charge in [-0.1, -0.05) is 23.4 Å². The maximum absolute atomic E-state index is 5.98. The third kappa shape index (κ3) is 2.68. The number of hydrogen-bond donors (Lipinski definition) is 0. The maximum Gasteiger partial charge on any atom is 0.241 e. The van der Waals surface area contributed by atoms with Crippen molar-refractivity contribution in [3.63, 3.8) is 0 Å². The Kier molecular flexibility index (Phi) is 3.57. The molecule has 0 aliphatic carbocycles. The number of furan rings is 1. The van der Waals surface area contributed by atoms with E-state index in [1.165, 1.54) is 10.9 Å². The van der Waals surface area contributed by atoms with E-state index >= 15 is 0 Å². The molecule has 0 atom stereocenters. The lowest BCUT2D eigenvalue weighted by molar-refractivity contribution is 0.204. The molecule has 1 aromatic carbocycles. The summed E-state index contributed by atoms with van der Waals surface area (Å²) in [5.41, 5.74) is 4.09. The number of benzene rings is 1. The van der Waals surface area contributed by atoms with Gasteiger partial charge in [0.15, 0.2) is 0 Å². The summed E-state index contributed by atoms with van der Waals surface area (Å²) in [7, 11) is 0. The molecule has 0 saturated carbocycles. The van der Waals surface area contributed by atoms with Crippen LogP contribution in [0.25, 0.3) is 22.5 Å². The van der Waals surface area contributed by atoms with E-state index in [0.29, 0.717) is 18.3 Å². The number of pyridine rings is 1. The van der Waals surface area contributed by atoms with E-state index in [1.54, 1.807) is 6.20 Å². The molecule has 3 aromatic heterocycles. The van der Waals surface area contributed by atoms with Gasteiger partial charge in [-0.05, 0) is 30.7 Å². The van der Waals surface area contributed by atoms with Gasteiger partial charge in [-0.15, -0.1) is 0 Å². The van der Waals surface area contributed by atoms with E-state index in [0.717, 1.165) is 42.1 Å². The minimum absolute atomic E-state index is 0.537. The average Bonchev–Trinajstić information content (AvgIpc) is 3.26. The molecule has 0 saturated heterocycles. The Morgan fingerprint density at radius 1 is 1.19 bits per heavy atom. The minimum Gasteiger partial charge on any atom is -0.461 e. The van der Waals surface area contributed by atoms with E-state index in [1.807, 2.05) is 31.2 Å². The highest BCUT2D eigenvalue weighted by molar-refractivity contribution is 5.82. The lowest BCUT2D eigenvalue weighted by Crippen LogP contribution is -2.29. The van der Waals surface area contributed by atoms with Crippen LogP contribution in [0.4, 0.5) is 0 Å². The molecule has 1 aliphatic rings. The number of para-hydroxylation sites is 1. The topological polar surface area (TPSA) is 68.2 Å². The molecule has 130 valence electrons. The monoisotopic (exact) mass is 346 g/mol. The van der Waals surface area contributed by atoms with Crippen molar-refractivity contribution in [2.75, 3.05) is 6.54 Å². The molecular formula is C20H18N4O2. The summed E-state index contributed by atoms with van der Waals surface area (Å²) < 4.78 is 11.4. The molecule has 4 heterocycles. The van der Waals surface area contributed by atoms with Crippen LogP contribution in [0, 0.1) is 6.92 Å². The Morgan fingerprint density at radius 3 is 3.04 bits per heavy atom. The van der Waals surface area contributed by atoms with Crippen molar-refractivity contribution in [2.24, 2.45) is 0 Å². The first kappa shape index (κ1) is 15.3. The van der Waals surface area contributed by atoms with Crippen LogP contribution in [0.2, 0.25) is 0 Å². The number of nitrogens with zero attached hydrogens (tertiary/aromatic N) is 4. The second kappa shape index (κ2) is 6.07. The van der Waals surface area contributed by atoms with Crippen LogP contribution >= 0.6 is 0 Å². The fourth-order valence-electron chi connectivity index (χ4n) is 3.49. The van der Waals surface area contributed by atoms with E-state index in [2.05, 4.69) is 32.2 Å². The number of aryl methyl sites for hydroxylation is 1. The third-order valence-electron chi connectivity index (χ3n) is 4.79. The van der Waals surface area contributed by atoms with Gasteiger partial charge in [-0.3, -0.25) is 9.88 Å². The smallest absolute Gasteiger partial charge is 0.241 e. The molecule has 0 unspecified atom stereocenters. The first-order valence-corrected chi connectivity index (χ1v) is 8.73. The molecule has 0 spiro atoms. The fraction of sp³-hybridized carbons (Fsp3) is 0.250. The number of fused-ring (bicyclic) bond motifs is 3. The second-order valence-corrected chi connectivity index (χ2v) is 6.69. The van der Waals surface area contributed by atoms with Crippen LogP contribution in [-0.2, 0) is 19.5 Å². The predicted octanol–water partition coefficient (Wildman–Crippen LogP) is 3.74. The second-order valence-electron chi connectivity index (χ2n) is 6.69. The summed E-state index contributed by atoms with van der Waals surface area (Å²) in [5, 5.41) is 5.28. The van der Waals surface area contributed by atoms with Crippen LogP contribution in [0.5, 0.6) is 0 Å². The Hall–Kier alpha value is -2.99. The molecule has 26 heavy (non-hydrogen) atoms. The van der Waals surface area contributed by atoms with E-state index in [-0.39, 0.29) is 0 Å². The van der Waals surface area contributed by atoms with Crippen molar-refractivity contribution >= 4 is 11.0 Å². The standard InChI is InChI=1S/C20H18N4O2/c1-13-6-8-21-16(10-13)20-22-19(26-23-20)12-24-9-7-18-15(11-24)14-4-2-3-5-17(14)25-18/h2-6,8,10H,7,9,11-12H2,1H3. The van der Waals surface area contributed by atoms with Gasteiger partial charge in [0.25, 0.3) is 0 Å². The molecule has 5 rings (SSSR count). The first-order chi connectivity index (χ1) is 12.8. The van der Waals surface area contributed by atoms with Gasteiger partial charge in [-0.25, -0.2) is 0 Å². The number of aromatic nitrogens is 3. The quantitative estimate of drug-likeness (QED) is 0.563. The Balaban J connectivity index is 1.36. The van der Waals surface area contributed by atoms with Gasteiger partial charge in [0.05, 0.1) is 6.54 Å². The first-order valence-electron chi connectivity index (χ1n) is 8.73. The van der Waals surface area contributed by atoms with Crippen LogP contribution in [0.15, 0.2) is 51.5 Å². The summed E-state index contributed by atoms with van der Waals surface area (Å²) in [6.07, 6.45) is 2.65. The molecule has 6 heteroatoms. The van der Waals surface area contributed by atoms with Crippen molar-refractivity contribution < 1.29 is 8.94 Å². The van der Waals surface area contributed by atoms with E-state index in [9.17, 15) is 0 Å². The van der Waals surface area contributed by atoms with Crippen molar-refractivity contribution in [3.8, 4) is 11.5 Å². The summed E-state index contributed by atoms with van der Waals surface area (Å²) >= 11 is 0. The van der Waals surface area contributed by atoms with Gasteiger partial charge < -0.3 is 8.94 Å². The lowest BCUT2D eigenvalue weighted by Gasteiger charge is -2.24. The Bertz CT molecular complexity index is 1080. The SMILES string of the molecule is Cc1ccnc(-c2noc(CN3CCc4oc5ccccc5c4C3)n2)c1. The Morgan fingerprint density at radius 2 is 2.12 bits per heavy atom. The van der Waals surface area contributed by atoms with Crippen molar-refractivity contribution in [2.45, 2.75) is 26.4 Å². The third-order valence-corrected chi connectivity index (χ3v) is 4.79. The predicted molar refractivity (Wildman–Crippen MR) is 96.3 cm³/mol. The van der Waals surface area contributed by atoms with Gasteiger partial charge >= 0.3 is 0 Å². The zero-order valence-electron chi connectivity index (χ0n) is 14.5. The van der Waals surface area contributed by atoms with Gasteiger partial charge in [0.2, 0.25) is 11.7 Å². The summed E-state index contributed by atoms with van der Waals surface area (Å²) in [6, 6.07) is 12.1. The van der Waals surface area contributed by atoms with Crippen molar-refractivity contribution in [3.05, 3.63) is 65.4 Å². The minimum atomic E-state index is 0.537. The molecule has 6 nitrogen and oxygen atoms in total. The number of hydrogen-bond acceptors (Lipinski definition) is 6. The Labute approximate surface area is 150 Å². The fourth-order valence-corrected chi connectivity index (χ4v) is 3.49. The van der Waals surface area contributed by atoms with Crippen LogP contribution < -0.4 is 0 Å². The van der Waals surface area contributed by atoms with E-state index in [4.69, 9.17) is 8.94 Å². The normalized spacial score (nSPS) is 14.7. The molecule has 4 aromatic rings. The van der Waals surface area contributed by atoms with Gasteiger partial charge in [-0.2, -0.15) is 4.98 Å². The largest absolute Gasteiger partial charge is 0.461 e. The highest BCUT2D eigenvalue weighted by atomic mass is 16.5. The molecule has 0 N–H and O–H groups in total. The molecule has 0 bridgehead atoms. The summed E-state index contributed by atoms with van der Waals surface area (Å²) in [5.74, 6) is 2.24. The maximum atomic E-state index is 5.98. The lowest BCUT2D eigenvalue weighted by atomic mass is 10.0. The van der Waals surface area contributed by atoms with Gasteiger partial charge in [0, 0.05) is 36.7 Å². The summed E-state index contributed by atoms with van der Waals surface area (Å²) in [4.78, 5) is 11.1. The zero-order chi connectivity index (χ0) is 17.5. The summed E-state index contributed by atoms with van der Waals surface area (Å²) in [6.45, 7) is 4.38. The zero-order valence-corrected chi connectivity index (χ0v) is 14.5. The molecule has 0 amide bonds. The number of rotatable bonds is 3. The molecule has 0 radical (unpaired) electrons. The van der Waals surface area contributed by atoms with Crippen molar-refractivity contribution in [1.82, 2.24) is 20.0 Å². The van der Waals surface area contributed by atoms with Crippen LogP contribution in [0.1, 0.15) is 22.8 Å². The van der Waals surface area contributed by atoms with Crippen molar-refractivity contribution in [1.29, 1.82) is 0 Å². The molecular weight excluding hydrogens is 328 g/mol. The highest BCUT2D eigenvalue weighted by Crippen LogP contribution is 2.31. The average molecular weight is 346 g/mol. The van der Waals surface area contributed by atoms with Crippen LogP contribution in [0.3, 0.4) is 0 Å². The highest BCUT2D eigenvalue weighted by Gasteiger charge is 2.24.